The number of carbonyl (C=O) groups is 2. The van der Waals surface area contributed by atoms with E-state index in [-0.39, 0.29) is 11.5 Å². The van der Waals surface area contributed by atoms with Crippen molar-refractivity contribution in [3.8, 4) is 11.5 Å². The predicted octanol–water partition coefficient (Wildman–Crippen LogP) is 2.68. The first kappa shape index (κ1) is 17.8. The quantitative estimate of drug-likeness (QED) is 0.865. The summed E-state index contributed by atoms with van der Waals surface area (Å²) in [4.78, 5) is 25.1. The van der Waals surface area contributed by atoms with Crippen molar-refractivity contribution in [2.24, 2.45) is 0 Å². The van der Waals surface area contributed by atoms with Gasteiger partial charge in [0.2, 0.25) is 0 Å². The Bertz CT molecular complexity index is 564. The molecule has 122 valence electrons. The van der Waals surface area contributed by atoms with Crippen LogP contribution in [0.15, 0.2) is 18.2 Å². The summed E-state index contributed by atoms with van der Waals surface area (Å²) in [5.41, 5.74) is -1.41. The highest BCUT2D eigenvalue weighted by atomic mass is 16.6. The van der Waals surface area contributed by atoms with Crippen LogP contribution in [0.1, 0.15) is 33.3 Å². The largest absolute Gasteiger partial charge is 0.504 e. The van der Waals surface area contributed by atoms with Crippen LogP contribution < -0.4 is 4.74 Å². The average Bonchev–Trinajstić information content (AvgIpc) is 2.44. The van der Waals surface area contributed by atoms with Crippen molar-refractivity contribution in [1.82, 2.24) is 4.90 Å². The molecule has 0 saturated carbocycles. The van der Waals surface area contributed by atoms with E-state index >= 15 is 0 Å². The van der Waals surface area contributed by atoms with Gasteiger partial charge in [-0.15, -0.1) is 0 Å². The zero-order valence-corrected chi connectivity index (χ0v) is 13.8. The van der Waals surface area contributed by atoms with Crippen LogP contribution in [-0.2, 0) is 15.1 Å². The maximum absolute atomic E-state index is 12.2. The molecule has 0 bridgehead atoms. The summed E-state index contributed by atoms with van der Waals surface area (Å²) < 4.78 is 10.3. The molecule has 22 heavy (non-hydrogen) atoms. The van der Waals surface area contributed by atoms with Crippen molar-refractivity contribution >= 4 is 12.4 Å². The van der Waals surface area contributed by atoms with Crippen LogP contribution in [0.4, 0.5) is 4.79 Å². The van der Waals surface area contributed by atoms with Crippen molar-refractivity contribution in [1.29, 1.82) is 0 Å². The molecule has 0 aliphatic rings. The Morgan fingerprint density at radius 1 is 1.27 bits per heavy atom. The Morgan fingerprint density at radius 2 is 1.86 bits per heavy atom. The second-order valence-corrected chi connectivity index (χ2v) is 6.19. The molecule has 1 aromatic carbocycles. The molecule has 0 fully saturated rings. The van der Waals surface area contributed by atoms with E-state index in [1.54, 1.807) is 33.8 Å². The third-order valence-corrected chi connectivity index (χ3v) is 3.36. The van der Waals surface area contributed by atoms with Crippen LogP contribution >= 0.6 is 0 Å². The van der Waals surface area contributed by atoms with Gasteiger partial charge < -0.3 is 19.4 Å². The Kier molecular flexibility index (Phi) is 5.06. The highest BCUT2D eigenvalue weighted by Crippen LogP contribution is 2.33. The molecule has 6 heteroatoms. The number of amides is 1. The zero-order valence-electron chi connectivity index (χ0n) is 13.8. The van der Waals surface area contributed by atoms with Gasteiger partial charge in [-0.05, 0) is 45.4 Å². The van der Waals surface area contributed by atoms with Crippen molar-refractivity contribution in [3.63, 3.8) is 0 Å². The summed E-state index contributed by atoms with van der Waals surface area (Å²) in [5, 5.41) is 9.66. The number of rotatable bonds is 4. The first-order chi connectivity index (χ1) is 10.0. The van der Waals surface area contributed by atoms with Gasteiger partial charge in [0, 0.05) is 7.05 Å². The fourth-order valence-electron chi connectivity index (χ4n) is 1.85. The lowest BCUT2D eigenvalue weighted by Crippen LogP contribution is -2.48. The standard InChI is InChI=1S/C16H23NO5/c1-15(2,3)22-14(20)17(5)16(4,10-18)11-7-8-12(19)13(9-11)21-6/h7-10,19H,1-6H3. The van der Waals surface area contributed by atoms with E-state index in [0.717, 1.165) is 0 Å². The van der Waals surface area contributed by atoms with Crippen molar-refractivity contribution in [3.05, 3.63) is 23.8 Å². The molecular weight excluding hydrogens is 286 g/mol. The van der Waals surface area contributed by atoms with Crippen LogP contribution in [0.5, 0.6) is 11.5 Å². The Hall–Kier alpha value is -2.24. The number of aldehydes is 1. The lowest BCUT2D eigenvalue weighted by atomic mass is 9.92. The molecule has 6 nitrogen and oxygen atoms in total. The maximum atomic E-state index is 12.2. The van der Waals surface area contributed by atoms with E-state index in [4.69, 9.17) is 9.47 Å². The van der Waals surface area contributed by atoms with E-state index in [2.05, 4.69) is 0 Å². The number of benzene rings is 1. The Balaban J connectivity index is 3.20. The average molecular weight is 309 g/mol. The number of phenols is 1. The van der Waals surface area contributed by atoms with Gasteiger partial charge in [-0.3, -0.25) is 4.90 Å². The van der Waals surface area contributed by atoms with Crippen molar-refractivity contribution in [2.45, 2.75) is 38.8 Å². The molecule has 0 radical (unpaired) electrons. The van der Waals surface area contributed by atoms with Crippen LogP contribution in [0.3, 0.4) is 0 Å². The molecule has 0 aromatic heterocycles. The number of likely N-dealkylation sites (N-methyl/N-ethyl adjacent to an activating group) is 1. The van der Waals surface area contributed by atoms with Gasteiger partial charge in [0.05, 0.1) is 7.11 Å². The minimum Gasteiger partial charge on any atom is -0.504 e. The molecule has 0 heterocycles. The SMILES string of the molecule is COc1cc(C(C)(C=O)N(C)C(=O)OC(C)(C)C)ccc1O. The van der Waals surface area contributed by atoms with Crippen LogP contribution in [0.25, 0.3) is 0 Å². The van der Waals surface area contributed by atoms with Gasteiger partial charge >= 0.3 is 6.09 Å². The van der Waals surface area contributed by atoms with Gasteiger partial charge in [-0.25, -0.2) is 4.79 Å². The number of aromatic hydroxyl groups is 1. The third kappa shape index (κ3) is 3.69. The van der Waals surface area contributed by atoms with Crippen molar-refractivity contribution in [2.75, 3.05) is 14.2 Å². The minimum absolute atomic E-state index is 0.0422. The van der Waals surface area contributed by atoms with Crippen molar-refractivity contribution < 1.29 is 24.2 Å². The van der Waals surface area contributed by atoms with E-state index < -0.39 is 17.2 Å². The maximum Gasteiger partial charge on any atom is 0.411 e. The number of hydrogen-bond acceptors (Lipinski definition) is 5. The number of nitrogens with zero attached hydrogens (tertiary/aromatic N) is 1. The van der Waals surface area contributed by atoms with Crippen LogP contribution in [-0.4, -0.2) is 42.1 Å². The summed E-state index contributed by atoms with van der Waals surface area (Å²) in [6.07, 6.45) is 0.0390. The van der Waals surface area contributed by atoms with Gasteiger partial charge in [-0.2, -0.15) is 0 Å². The van der Waals surface area contributed by atoms with Gasteiger partial charge in [0.15, 0.2) is 11.5 Å². The first-order valence-electron chi connectivity index (χ1n) is 6.86. The lowest BCUT2D eigenvalue weighted by Gasteiger charge is -2.35. The molecule has 1 aromatic rings. The molecule has 0 saturated heterocycles. The molecule has 1 amide bonds. The second kappa shape index (κ2) is 6.25. The summed E-state index contributed by atoms with van der Waals surface area (Å²) in [6, 6.07) is 4.50. The van der Waals surface area contributed by atoms with E-state index in [1.807, 2.05) is 0 Å². The number of phenolic OH excluding ortho intramolecular Hbond substituents is 1. The third-order valence-electron chi connectivity index (χ3n) is 3.36. The van der Waals surface area contributed by atoms with Gasteiger partial charge in [0.25, 0.3) is 0 Å². The smallest absolute Gasteiger partial charge is 0.411 e. The number of hydrogen-bond donors (Lipinski definition) is 1. The van der Waals surface area contributed by atoms with Crippen LogP contribution in [0.2, 0.25) is 0 Å². The fourth-order valence-corrected chi connectivity index (χ4v) is 1.85. The fraction of sp³-hybridized carbons (Fsp3) is 0.500. The Morgan fingerprint density at radius 3 is 2.32 bits per heavy atom. The summed E-state index contributed by atoms with van der Waals surface area (Å²) in [5.74, 6) is 0.183. The summed E-state index contributed by atoms with van der Waals surface area (Å²) >= 11 is 0. The summed E-state index contributed by atoms with van der Waals surface area (Å²) in [7, 11) is 2.90. The van der Waals surface area contributed by atoms with Gasteiger partial charge in [-0.1, -0.05) is 6.07 Å². The van der Waals surface area contributed by atoms with Crippen LogP contribution in [0, 0.1) is 0 Å². The number of methoxy groups -OCH3 is 1. The number of ether oxygens (including phenoxy) is 2. The number of carbonyl (C=O) groups excluding carboxylic acids is 2. The molecule has 0 aliphatic heterocycles. The van der Waals surface area contributed by atoms with Gasteiger partial charge in [0.1, 0.15) is 17.4 Å². The highest BCUT2D eigenvalue weighted by molar-refractivity contribution is 5.78. The second-order valence-electron chi connectivity index (χ2n) is 6.19. The van der Waals surface area contributed by atoms with E-state index in [9.17, 15) is 14.7 Å². The molecule has 1 rings (SSSR count). The van der Waals surface area contributed by atoms with E-state index in [1.165, 1.54) is 31.2 Å². The highest BCUT2D eigenvalue weighted by Gasteiger charge is 2.37. The molecule has 1 atom stereocenters. The van der Waals surface area contributed by atoms with E-state index in [0.29, 0.717) is 11.8 Å². The molecule has 1 unspecified atom stereocenters. The monoisotopic (exact) mass is 309 g/mol. The first-order valence-corrected chi connectivity index (χ1v) is 6.86. The molecule has 0 aliphatic carbocycles. The Labute approximate surface area is 130 Å². The molecular formula is C16H23NO5. The predicted molar refractivity (Wildman–Crippen MR) is 82.1 cm³/mol. The normalized spacial score (nSPS) is 13.9. The topological polar surface area (TPSA) is 76.1 Å². The lowest BCUT2D eigenvalue weighted by molar-refractivity contribution is -0.117. The minimum atomic E-state index is -1.25. The molecule has 0 spiro atoms. The molecule has 1 N–H and O–H groups in total. The zero-order chi connectivity index (χ0) is 17.1. The summed E-state index contributed by atoms with van der Waals surface area (Å²) in [6.45, 7) is 6.84.